The molecule has 3 heterocycles. The Bertz CT molecular complexity index is 939. The maximum absolute atomic E-state index is 12.9. The highest BCUT2D eigenvalue weighted by Gasteiger charge is 2.53. The Hall–Kier alpha value is -2.94. The lowest BCUT2D eigenvalue weighted by atomic mass is 9.71. The van der Waals surface area contributed by atoms with Crippen molar-refractivity contribution >= 4 is 17.8 Å². The van der Waals surface area contributed by atoms with Gasteiger partial charge in [0.05, 0.1) is 12.5 Å². The van der Waals surface area contributed by atoms with Gasteiger partial charge in [0.1, 0.15) is 0 Å². The molecule has 1 atom stereocenters. The van der Waals surface area contributed by atoms with Crippen molar-refractivity contribution in [2.24, 2.45) is 17.3 Å². The lowest BCUT2D eigenvalue weighted by Crippen LogP contribution is -2.45. The maximum Gasteiger partial charge on any atom is 0.490 e. The Labute approximate surface area is 220 Å². The summed E-state index contributed by atoms with van der Waals surface area (Å²) >= 11 is 0. The van der Waals surface area contributed by atoms with Crippen LogP contribution in [0.1, 0.15) is 31.2 Å². The van der Waals surface area contributed by atoms with E-state index in [4.69, 9.17) is 24.5 Å². The number of aliphatic carboxylic acids is 2. The second kappa shape index (κ2) is 13.4. The molecule has 1 aromatic rings. The van der Waals surface area contributed by atoms with Gasteiger partial charge in [-0.3, -0.25) is 14.7 Å². The number of halogens is 6. The smallest absolute Gasteiger partial charge is 0.475 e. The van der Waals surface area contributed by atoms with E-state index in [1.807, 2.05) is 12.4 Å². The van der Waals surface area contributed by atoms with Crippen LogP contribution in [0.5, 0.6) is 0 Å². The lowest BCUT2D eigenvalue weighted by molar-refractivity contribution is -0.193. The minimum Gasteiger partial charge on any atom is -0.475 e. The summed E-state index contributed by atoms with van der Waals surface area (Å²) in [6.07, 6.45) is -1.66. The third kappa shape index (κ3) is 9.95. The summed E-state index contributed by atoms with van der Waals surface area (Å²) in [7, 11) is 1.73. The van der Waals surface area contributed by atoms with Gasteiger partial charge in [-0.15, -0.1) is 0 Å². The Balaban J connectivity index is 0.000000317. The van der Waals surface area contributed by atoms with Gasteiger partial charge in [-0.05, 0) is 62.4 Å². The molecule has 9 nitrogen and oxygen atoms in total. The first-order chi connectivity index (χ1) is 18.1. The molecule has 1 saturated carbocycles. The van der Waals surface area contributed by atoms with Crippen molar-refractivity contribution in [3.63, 3.8) is 0 Å². The molecule has 0 aromatic carbocycles. The van der Waals surface area contributed by atoms with E-state index >= 15 is 0 Å². The molecule has 1 aliphatic carbocycles. The fourth-order valence-corrected chi connectivity index (χ4v) is 4.64. The van der Waals surface area contributed by atoms with Gasteiger partial charge in [0, 0.05) is 44.6 Å². The number of carboxylic acid groups (broad SMARTS) is 2. The van der Waals surface area contributed by atoms with E-state index in [1.165, 1.54) is 18.4 Å². The van der Waals surface area contributed by atoms with Crippen LogP contribution < -0.4 is 0 Å². The lowest BCUT2D eigenvalue weighted by Gasteiger charge is -2.41. The van der Waals surface area contributed by atoms with Gasteiger partial charge in [-0.2, -0.15) is 26.3 Å². The maximum atomic E-state index is 12.9. The van der Waals surface area contributed by atoms with Crippen molar-refractivity contribution in [1.82, 2.24) is 14.8 Å². The van der Waals surface area contributed by atoms with Crippen LogP contribution in [0.3, 0.4) is 0 Å². The van der Waals surface area contributed by atoms with Crippen LogP contribution in [0.4, 0.5) is 26.3 Å². The molecule has 220 valence electrons. The number of aromatic nitrogens is 1. The number of likely N-dealkylation sites (tertiary alicyclic amines) is 2. The number of hydrogen-bond donors (Lipinski definition) is 2. The summed E-state index contributed by atoms with van der Waals surface area (Å²) in [4.78, 5) is 39.5. The number of rotatable bonds is 6. The van der Waals surface area contributed by atoms with Crippen LogP contribution in [0.2, 0.25) is 0 Å². The molecule has 0 radical (unpaired) electrons. The average molecular weight is 572 g/mol. The van der Waals surface area contributed by atoms with Crippen molar-refractivity contribution < 1.29 is 55.7 Å². The second-order valence-electron chi connectivity index (χ2n) is 9.77. The van der Waals surface area contributed by atoms with E-state index in [1.54, 1.807) is 7.11 Å². The Morgan fingerprint density at radius 2 is 1.51 bits per heavy atom. The van der Waals surface area contributed by atoms with Crippen molar-refractivity contribution in [3.8, 4) is 0 Å². The molecule has 3 aliphatic rings. The minimum absolute atomic E-state index is 0.0549. The topological polar surface area (TPSA) is 120 Å². The molecule has 2 N–H and O–H groups in total. The van der Waals surface area contributed by atoms with Crippen LogP contribution in [0.25, 0.3) is 0 Å². The summed E-state index contributed by atoms with van der Waals surface area (Å²) in [5.41, 5.74) is 1.44. The van der Waals surface area contributed by atoms with Crippen LogP contribution in [-0.4, -0.2) is 95.1 Å². The van der Waals surface area contributed by atoms with E-state index in [9.17, 15) is 31.1 Å². The normalized spacial score (nSPS) is 21.1. The number of pyridine rings is 1. The summed E-state index contributed by atoms with van der Waals surface area (Å²) in [6.45, 7) is 5.60. The first-order valence-corrected chi connectivity index (χ1v) is 12.1. The molecule has 39 heavy (non-hydrogen) atoms. The third-order valence-corrected chi connectivity index (χ3v) is 6.86. The summed E-state index contributed by atoms with van der Waals surface area (Å²) in [5, 5.41) is 14.2. The molecule has 1 unspecified atom stereocenters. The molecule has 1 spiro atoms. The first kappa shape index (κ1) is 32.3. The van der Waals surface area contributed by atoms with E-state index in [2.05, 4.69) is 26.9 Å². The van der Waals surface area contributed by atoms with Crippen molar-refractivity contribution in [2.45, 2.75) is 44.6 Å². The number of ether oxygens (including phenoxy) is 1. The number of carboxylic acids is 2. The van der Waals surface area contributed by atoms with Crippen LogP contribution >= 0.6 is 0 Å². The zero-order valence-corrected chi connectivity index (χ0v) is 21.2. The molecule has 0 bridgehead atoms. The highest BCUT2D eigenvalue weighted by molar-refractivity contribution is 5.82. The van der Waals surface area contributed by atoms with Crippen molar-refractivity contribution in [3.05, 3.63) is 30.1 Å². The number of nitrogens with zero attached hydrogens (tertiary/aromatic N) is 3. The first-order valence-electron chi connectivity index (χ1n) is 12.1. The monoisotopic (exact) mass is 571 g/mol. The molecule has 2 aliphatic heterocycles. The summed E-state index contributed by atoms with van der Waals surface area (Å²) in [6, 6.07) is 4.18. The van der Waals surface area contributed by atoms with Crippen molar-refractivity contribution in [2.75, 3.05) is 39.9 Å². The molecule has 1 aromatic heterocycles. The fourth-order valence-electron chi connectivity index (χ4n) is 4.64. The molecule has 1 amide bonds. The van der Waals surface area contributed by atoms with E-state index in [0.29, 0.717) is 12.5 Å². The number of alkyl halides is 6. The number of piperidine rings is 1. The van der Waals surface area contributed by atoms with E-state index < -0.39 is 24.3 Å². The van der Waals surface area contributed by atoms with Gasteiger partial charge in [-0.25, -0.2) is 9.59 Å². The molecular weight excluding hydrogens is 540 g/mol. The van der Waals surface area contributed by atoms with Gasteiger partial charge in [0.25, 0.3) is 0 Å². The molecule has 15 heteroatoms. The number of carbonyl (C=O) groups excluding carboxylic acids is 1. The zero-order valence-electron chi connectivity index (χ0n) is 21.2. The second-order valence-corrected chi connectivity index (χ2v) is 9.77. The number of carbonyl (C=O) groups is 3. The fraction of sp³-hybridized carbons (Fsp3) is 0.667. The Morgan fingerprint density at radius 1 is 1.03 bits per heavy atom. The van der Waals surface area contributed by atoms with E-state index in [0.717, 1.165) is 51.5 Å². The molecule has 4 rings (SSSR count). The highest BCUT2D eigenvalue weighted by atomic mass is 19.4. The quantitative estimate of drug-likeness (QED) is 0.499. The SMILES string of the molecule is COCC1C(=O)N(CC2CC2)CC12CCN(Cc1ccncc1)CC2.O=C(O)C(F)(F)F.O=C(O)C(F)(F)F. The summed E-state index contributed by atoms with van der Waals surface area (Å²) < 4.78 is 68.9. The van der Waals surface area contributed by atoms with Crippen LogP contribution in [0.15, 0.2) is 24.5 Å². The van der Waals surface area contributed by atoms with Gasteiger partial charge < -0.3 is 19.8 Å². The average Bonchev–Trinajstić information content (AvgIpc) is 3.63. The molecule has 3 fully saturated rings. The Kier molecular flexibility index (Phi) is 11.1. The Morgan fingerprint density at radius 3 is 1.92 bits per heavy atom. The number of hydrogen-bond acceptors (Lipinski definition) is 6. The molecule has 2 saturated heterocycles. The third-order valence-electron chi connectivity index (χ3n) is 6.86. The van der Waals surface area contributed by atoms with Crippen molar-refractivity contribution in [1.29, 1.82) is 0 Å². The highest BCUT2D eigenvalue weighted by Crippen LogP contribution is 2.47. The summed E-state index contributed by atoms with van der Waals surface area (Å²) in [5.74, 6) is -4.36. The van der Waals surface area contributed by atoms with Gasteiger partial charge in [0.15, 0.2) is 0 Å². The van der Waals surface area contributed by atoms with Gasteiger partial charge >= 0.3 is 24.3 Å². The predicted octanol–water partition coefficient (Wildman–Crippen LogP) is 3.45. The number of methoxy groups -OCH3 is 1. The van der Waals surface area contributed by atoms with Gasteiger partial charge in [-0.1, -0.05) is 0 Å². The van der Waals surface area contributed by atoms with E-state index in [-0.39, 0.29) is 11.3 Å². The predicted molar refractivity (Wildman–Crippen MR) is 123 cm³/mol. The van der Waals surface area contributed by atoms with Gasteiger partial charge in [0.2, 0.25) is 5.91 Å². The standard InChI is InChI=1S/C20H29N3O2.2C2HF3O2/c1-25-14-18-19(24)23(13-16-2-3-16)15-20(18)6-10-22(11-7-20)12-17-4-8-21-9-5-17;2*3-2(4,5)1(6)7/h4-5,8-9,16,18H,2-3,6-7,10-15H2,1H3;2*(H,6,7). The minimum atomic E-state index is -5.08. The van der Waals surface area contributed by atoms with Crippen LogP contribution in [-0.2, 0) is 25.7 Å². The number of amides is 1. The largest absolute Gasteiger partial charge is 0.490 e. The van der Waals surface area contributed by atoms with Crippen LogP contribution in [0, 0.1) is 17.3 Å². The molecular formula is C24H31F6N3O6. The zero-order chi connectivity index (χ0) is 29.4.